The van der Waals surface area contributed by atoms with Gasteiger partial charge in [-0.15, -0.1) is 0 Å². The number of esters is 1. The number of benzene rings is 1. The molecule has 6 rings (SSSR count). The van der Waals surface area contributed by atoms with Gasteiger partial charge in [-0.3, -0.25) is 0 Å². The highest BCUT2D eigenvalue weighted by Gasteiger charge is 2.45. The molecule has 2 aliphatic rings. The van der Waals surface area contributed by atoms with Gasteiger partial charge >= 0.3 is 5.97 Å². The van der Waals surface area contributed by atoms with Gasteiger partial charge in [-0.2, -0.15) is 14.9 Å². The number of imidazole rings is 1. The maximum Gasteiger partial charge on any atom is 0.329 e. The van der Waals surface area contributed by atoms with Crippen molar-refractivity contribution in [3.05, 3.63) is 57.4 Å². The van der Waals surface area contributed by atoms with Gasteiger partial charge in [0.25, 0.3) is 0 Å². The number of carbonyl (C=O) groups is 1. The highest BCUT2D eigenvalue weighted by Crippen LogP contribution is 2.46. The van der Waals surface area contributed by atoms with Crippen molar-refractivity contribution >= 4 is 44.6 Å². The molecule has 4 aromatic rings. The fourth-order valence-electron chi connectivity index (χ4n) is 5.50. The lowest BCUT2D eigenvalue weighted by Crippen LogP contribution is -2.39. The zero-order valence-corrected chi connectivity index (χ0v) is 25.1. The number of thiazole rings is 1. The van der Waals surface area contributed by atoms with Crippen LogP contribution in [-0.4, -0.2) is 55.7 Å². The van der Waals surface area contributed by atoms with E-state index >= 15 is 0 Å². The van der Waals surface area contributed by atoms with Gasteiger partial charge in [0.05, 0.1) is 11.6 Å². The van der Waals surface area contributed by atoms with Crippen molar-refractivity contribution in [1.82, 2.24) is 24.5 Å². The highest BCUT2D eigenvalue weighted by molar-refractivity contribution is 7.17. The first kappa shape index (κ1) is 27.4. The Morgan fingerprint density at radius 1 is 1.24 bits per heavy atom. The van der Waals surface area contributed by atoms with E-state index in [2.05, 4.69) is 17.0 Å². The Balaban J connectivity index is 1.35. The summed E-state index contributed by atoms with van der Waals surface area (Å²) in [5.74, 6) is 0.231. The molecule has 5 heterocycles. The van der Waals surface area contributed by atoms with Crippen LogP contribution in [0.1, 0.15) is 62.0 Å². The Kier molecular flexibility index (Phi) is 6.82. The molecule has 212 valence electrons. The second-order valence-corrected chi connectivity index (χ2v) is 13.1. The lowest BCUT2D eigenvalue weighted by atomic mass is 10.0. The number of aromatic nitrogens is 4. The largest absolute Gasteiger partial charge is 0.458 e. The number of nitriles is 1. The van der Waals surface area contributed by atoms with Crippen molar-refractivity contribution < 1.29 is 13.9 Å². The van der Waals surface area contributed by atoms with Gasteiger partial charge in [-0.1, -0.05) is 35.7 Å². The molecule has 3 aromatic heterocycles. The summed E-state index contributed by atoms with van der Waals surface area (Å²) >= 11 is 2.81. The van der Waals surface area contributed by atoms with E-state index in [-0.39, 0.29) is 23.7 Å². The number of aryl methyl sites for hydroxylation is 1. The molecule has 0 radical (unpaired) electrons. The number of fused-ring (bicyclic) bond motifs is 2. The Hall–Kier alpha value is -3.82. The summed E-state index contributed by atoms with van der Waals surface area (Å²) in [6, 6.07) is 7.89. The Morgan fingerprint density at radius 3 is 2.68 bits per heavy atom. The number of allylic oxidation sites excluding steroid dienone is 1. The third-order valence-electron chi connectivity index (χ3n) is 7.26. The maximum absolute atomic E-state index is 13.5. The van der Waals surface area contributed by atoms with E-state index in [0.29, 0.717) is 34.1 Å². The molecule has 1 fully saturated rings. The Morgan fingerprint density at radius 2 is 2.00 bits per heavy atom. The lowest BCUT2D eigenvalue weighted by Gasteiger charge is -2.27. The number of halogens is 1. The first-order valence-corrected chi connectivity index (χ1v) is 15.2. The fraction of sp³-hybridized carbons (Fsp3) is 0.414. The molecule has 0 bridgehead atoms. The highest BCUT2D eigenvalue weighted by atomic mass is 32.1. The second-order valence-electron chi connectivity index (χ2n) is 11.2. The van der Waals surface area contributed by atoms with Crippen LogP contribution in [0, 0.1) is 17.1 Å². The monoisotopic (exact) mass is 591 g/mol. The van der Waals surface area contributed by atoms with Crippen LogP contribution in [0.25, 0.3) is 16.2 Å². The van der Waals surface area contributed by atoms with E-state index in [1.807, 2.05) is 44.2 Å². The van der Waals surface area contributed by atoms with Crippen molar-refractivity contribution in [1.29, 1.82) is 5.26 Å². The normalized spacial score (nSPS) is 18.5. The van der Waals surface area contributed by atoms with Crippen LogP contribution < -0.4 is 4.90 Å². The summed E-state index contributed by atoms with van der Waals surface area (Å²) in [4.78, 5) is 28.0. The van der Waals surface area contributed by atoms with Crippen molar-refractivity contribution in [2.45, 2.75) is 64.5 Å². The molecule has 2 atom stereocenters. The van der Waals surface area contributed by atoms with Crippen LogP contribution in [0.3, 0.4) is 0 Å². The van der Waals surface area contributed by atoms with Gasteiger partial charge in [-0.25, -0.2) is 19.2 Å². The van der Waals surface area contributed by atoms with Crippen LogP contribution in [0.15, 0.2) is 36.0 Å². The van der Waals surface area contributed by atoms with Crippen LogP contribution in [-0.2, 0) is 16.0 Å². The molecule has 1 unspecified atom stereocenters. The average Bonchev–Trinajstić information content (AvgIpc) is 3.72. The number of nitrogens with zero attached hydrogens (tertiary/aromatic N) is 7. The molecule has 0 saturated carbocycles. The Labute approximate surface area is 245 Å². The van der Waals surface area contributed by atoms with E-state index in [4.69, 9.17) is 19.8 Å². The number of hydrogen-bond donors (Lipinski definition) is 0. The van der Waals surface area contributed by atoms with Crippen molar-refractivity contribution in [3.8, 4) is 17.3 Å². The van der Waals surface area contributed by atoms with Gasteiger partial charge < -0.3 is 14.5 Å². The minimum Gasteiger partial charge on any atom is -0.458 e. The third kappa shape index (κ3) is 4.87. The predicted octanol–water partition coefficient (Wildman–Crippen LogP) is 6.04. The van der Waals surface area contributed by atoms with Gasteiger partial charge in [0.1, 0.15) is 39.1 Å². The zero-order valence-electron chi connectivity index (χ0n) is 23.5. The second kappa shape index (κ2) is 10.2. The smallest absolute Gasteiger partial charge is 0.329 e. The lowest BCUT2D eigenvalue weighted by molar-refractivity contribution is -0.159. The molecule has 0 spiro atoms. The number of carbonyl (C=O) groups excluding carboxylic acids is 1. The van der Waals surface area contributed by atoms with E-state index in [1.165, 1.54) is 34.8 Å². The molecule has 12 heteroatoms. The summed E-state index contributed by atoms with van der Waals surface area (Å²) in [5.41, 5.74) is 2.65. The summed E-state index contributed by atoms with van der Waals surface area (Å²) < 4.78 is 21.1. The Bertz CT molecular complexity index is 1710. The van der Waals surface area contributed by atoms with Gasteiger partial charge in [0, 0.05) is 24.9 Å². The first-order chi connectivity index (χ1) is 19.6. The van der Waals surface area contributed by atoms with Crippen LogP contribution in [0.2, 0.25) is 0 Å². The quantitative estimate of drug-likeness (QED) is 0.250. The molecule has 9 nitrogen and oxygen atoms in total. The summed E-state index contributed by atoms with van der Waals surface area (Å²) in [5, 5.41) is 16.4. The van der Waals surface area contributed by atoms with Crippen molar-refractivity contribution in [2.24, 2.45) is 0 Å². The van der Waals surface area contributed by atoms with Gasteiger partial charge in [0.2, 0.25) is 4.96 Å². The number of ether oxygens (including phenoxy) is 1. The van der Waals surface area contributed by atoms with E-state index in [9.17, 15) is 14.4 Å². The van der Waals surface area contributed by atoms with Gasteiger partial charge in [0.15, 0.2) is 10.9 Å². The summed E-state index contributed by atoms with van der Waals surface area (Å²) in [6.45, 7) is 8.51. The predicted molar refractivity (Wildman–Crippen MR) is 157 cm³/mol. The molecule has 2 aliphatic heterocycles. The maximum atomic E-state index is 13.5. The molecular formula is C29H30FN7O2S2. The number of anilines is 2. The van der Waals surface area contributed by atoms with Crippen LogP contribution >= 0.6 is 22.7 Å². The number of hydrogen-bond acceptors (Lipinski definition) is 10. The summed E-state index contributed by atoms with van der Waals surface area (Å²) in [6.07, 6.45) is 4.40. The van der Waals surface area contributed by atoms with Crippen LogP contribution in [0.4, 0.5) is 15.3 Å². The molecule has 0 amide bonds. The third-order valence-corrected chi connectivity index (χ3v) is 9.32. The molecular weight excluding hydrogens is 561 g/mol. The summed E-state index contributed by atoms with van der Waals surface area (Å²) in [7, 11) is 1.89. The first-order valence-electron chi connectivity index (χ1n) is 13.6. The van der Waals surface area contributed by atoms with E-state index < -0.39 is 5.60 Å². The minimum absolute atomic E-state index is 0.0138. The van der Waals surface area contributed by atoms with Crippen molar-refractivity contribution in [2.75, 3.05) is 18.5 Å². The zero-order chi connectivity index (χ0) is 29.1. The molecule has 41 heavy (non-hydrogen) atoms. The standard InChI is InChI=1S/C29H30FN7O2S2/c1-6-19-25(35(5)27-33-23(22(15-31)40-27)16-9-11-17(30)12-10-16)37-28(32-19)41-24(34-37)18-14-21(26(38)39-29(2,3)4)36-13-7-8-20(18)36/h8-12,18,21H,6-7,13-14H2,1-5H3/t18-,21?/m1/s1. The minimum atomic E-state index is -0.547. The molecule has 0 N–H and O–H groups in total. The van der Waals surface area contributed by atoms with Crippen LogP contribution in [0.5, 0.6) is 0 Å². The van der Waals surface area contributed by atoms with E-state index in [1.54, 1.807) is 12.1 Å². The van der Waals surface area contributed by atoms with E-state index in [0.717, 1.165) is 40.1 Å². The topological polar surface area (TPSA) is 99.7 Å². The molecule has 1 saturated heterocycles. The molecule has 1 aromatic carbocycles. The molecule has 0 aliphatic carbocycles. The average molecular weight is 592 g/mol. The fourth-order valence-corrected chi connectivity index (χ4v) is 7.39. The SMILES string of the molecule is CCc1nc2sc([C@@H]3CC(C(=O)OC(C)(C)C)N4CCC=C34)nn2c1N(C)c1nc(-c2ccc(F)cc2)c(C#N)s1. The number of rotatable bonds is 6. The van der Waals surface area contributed by atoms with Crippen molar-refractivity contribution in [3.63, 3.8) is 0 Å². The van der Waals surface area contributed by atoms with Gasteiger partial charge in [-0.05, 0) is 64.3 Å².